The summed E-state index contributed by atoms with van der Waals surface area (Å²) in [6, 6.07) is 6.73. The molecule has 0 saturated carbocycles. The second kappa shape index (κ2) is 6.42. The zero-order valence-electron chi connectivity index (χ0n) is 12.6. The average molecular weight is 261 g/mol. The molecule has 1 aliphatic heterocycles. The van der Waals surface area contributed by atoms with Gasteiger partial charge in [0.15, 0.2) is 0 Å². The van der Waals surface area contributed by atoms with Gasteiger partial charge in [-0.3, -0.25) is 0 Å². The van der Waals surface area contributed by atoms with Crippen molar-refractivity contribution in [3.8, 4) is 5.75 Å². The molecule has 1 aromatic carbocycles. The Hall–Kier alpha value is -1.02. The second-order valence-electron chi connectivity index (χ2n) is 6.17. The van der Waals surface area contributed by atoms with Crippen molar-refractivity contribution in [2.45, 2.75) is 51.9 Å². The Labute approximate surface area is 117 Å². The molecule has 1 aromatic rings. The van der Waals surface area contributed by atoms with Gasteiger partial charge in [-0.2, -0.15) is 0 Å². The Morgan fingerprint density at radius 3 is 2.84 bits per heavy atom. The summed E-state index contributed by atoms with van der Waals surface area (Å²) in [6.07, 6.45) is 5.07. The molecule has 0 spiro atoms. The summed E-state index contributed by atoms with van der Waals surface area (Å²) in [5.41, 5.74) is 3.02. The van der Waals surface area contributed by atoms with Crippen molar-refractivity contribution in [1.29, 1.82) is 0 Å². The van der Waals surface area contributed by atoms with Crippen LogP contribution in [-0.2, 0) is 11.8 Å². The Morgan fingerprint density at radius 2 is 2.05 bits per heavy atom. The minimum absolute atomic E-state index is 0.177. The first-order valence-electron chi connectivity index (χ1n) is 7.60. The zero-order valence-corrected chi connectivity index (χ0v) is 12.6. The van der Waals surface area contributed by atoms with Crippen molar-refractivity contribution in [1.82, 2.24) is 5.32 Å². The molecule has 2 heteroatoms. The van der Waals surface area contributed by atoms with Crippen LogP contribution < -0.4 is 10.1 Å². The highest BCUT2D eigenvalue weighted by Crippen LogP contribution is 2.38. The average Bonchev–Trinajstić information content (AvgIpc) is 2.70. The van der Waals surface area contributed by atoms with Gasteiger partial charge < -0.3 is 10.1 Å². The van der Waals surface area contributed by atoms with Crippen LogP contribution in [0.3, 0.4) is 0 Å². The smallest absolute Gasteiger partial charge is 0.123 e. The lowest BCUT2D eigenvalue weighted by Crippen LogP contribution is -2.18. The quantitative estimate of drug-likeness (QED) is 0.756. The van der Waals surface area contributed by atoms with Gasteiger partial charge in [0.1, 0.15) is 5.75 Å². The lowest BCUT2D eigenvalue weighted by atomic mass is 9.86. The molecule has 2 rings (SSSR count). The molecule has 1 N–H and O–H groups in total. The third-order valence-corrected chi connectivity index (χ3v) is 3.93. The van der Waals surface area contributed by atoms with Crippen molar-refractivity contribution in [3.05, 3.63) is 29.3 Å². The maximum atomic E-state index is 5.73. The predicted octanol–water partition coefficient (Wildman–Crippen LogP) is 3.68. The molecule has 0 aliphatic carbocycles. The highest BCUT2D eigenvalue weighted by molar-refractivity contribution is 5.45. The molecule has 106 valence electrons. The molecular formula is C17H27NO. The summed E-state index contributed by atoms with van der Waals surface area (Å²) in [6.45, 7) is 9.74. The highest BCUT2D eigenvalue weighted by Gasteiger charge is 2.31. The van der Waals surface area contributed by atoms with E-state index < -0.39 is 0 Å². The van der Waals surface area contributed by atoms with Crippen molar-refractivity contribution in [2.24, 2.45) is 0 Å². The zero-order chi connectivity index (χ0) is 13.7. The van der Waals surface area contributed by atoms with Gasteiger partial charge in [0, 0.05) is 11.0 Å². The van der Waals surface area contributed by atoms with Gasteiger partial charge in [-0.1, -0.05) is 39.3 Å². The number of hydrogen-bond acceptors (Lipinski definition) is 2. The van der Waals surface area contributed by atoms with Crippen LogP contribution in [-0.4, -0.2) is 19.7 Å². The molecule has 0 amide bonds. The van der Waals surface area contributed by atoms with Crippen LogP contribution in [0.4, 0.5) is 0 Å². The molecule has 0 aromatic heterocycles. The Morgan fingerprint density at radius 1 is 1.21 bits per heavy atom. The van der Waals surface area contributed by atoms with Crippen molar-refractivity contribution in [2.75, 3.05) is 19.7 Å². The summed E-state index contributed by atoms with van der Waals surface area (Å²) < 4.78 is 5.73. The molecule has 0 fully saturated rings. The molecule has 1 aliphatic rings. The minimum Gasteiger partial charge on any atom is -0.492 e. The largest absolute Gasteiger partial charge is 0.492 e. The van der Waals surface area contributed by atoms with Gasteiger partial charge in [0.05, 0.1) is 6.61 Å². The fraction of sp³-hybridized carbons (Fsp3) is 0.647. The van der Waals surface area contributed by atoms with E-state index in [4.69, 9.17) is 4.74 Å². The molecule has 0 unspecified atom stereocenters. The van der Waals surface area contributed by atoms with E-state index in [1.54, 1.807) is 0 Å². The number of benzene rings is 1. The number of fused-ring (bicyclic) bond motifs is 1. The van der Waals surface area contributed by atoms with Crippen LogP contribution in [0.2, 0.25) is 0 Å². The summed E-state index contributed by atoms with van der Waals surface area (Å²) in [7, 11) is 0. The number of ether oxygens (including phenoxy) is 1. The molecule has 2 nitrogen and oxygen atoms in total. The molecule has 1 heterocycles. The van der Waals surface area contributed by atoms with Gasteiger partial charge >= 0.3 is 0 Å². The molecule has 0 bridgehead atoms. The number of unbranched alkanes of at least 4 members (excludes halogenated alkanes) is 2. The van der Waals surface area contributed by atoms with Gasteiger partial charge in [-0.25, -0.2) is 0 Å². The van der Waals surface area contributed by atoms with E-state index in [-0.39, 0.29) is 5.41 Å². The number of aryl methyl sites for hydroxylation is 1. The van der Waals surface area contributed by atoms with Crippen LogP contribution >= 0.6 is 0 Å². The summed E-state index contributed by atoms with van der Waals surface area (Å²) in [4.78, 5) is 0. The van der Waals surface area contributed by atoms with Gasteiger partial charge in [0.25, 0.3) is 0 Å². The monoisotopic (exact) mass is 261 g/mol. The van der Waals surface area contributed by atoms with Gasteiger partial charge in [-0.05, 0) is 44.0 Å². The summed E-state index contributed by atoms with van der Waals surface area (Å²) >= 11 is 0. The maximum absolute atomic E-state index is 5.73. The van der Waals surface area contributed by atoms with Gasteiger partial charge in [-0.15, -0.1) is 0 Å². The van der Waals surface area contributed by atoms with E-state index in [0.29, 0.717) is 0 Å². The number of nitrogens with one attached hydrogen (secondary N) is 1. The minimum atomic E-state index is 0.177. The van der Waals surface area contributed by atoms with Gasteiger partial charge in [0.2, 0.25) is 0 Å². The summed E-state index contributed by atoms with van der Waals surface area (Å²) in [5.74, 6) is 1.08. The van der Waals surface area contributed by atoms with Crippen molar-refractivity contribution < 1.29 is 4.74 Å². The Kier molecular flexibility index (Phi) is 4.87. The van der Waals surface area contributed by atoms with E-state index in [0.717, 1.165) is 25.4 Å². The molecule has 0 atom stereocenters. The molecule has 0 radical (unpaired) electrons. The third-order valence-electron chi connectivity index (χ3n) is 3.93. The van der Waals surface area contributed by atoms with E-state index >= 15 is 0 Å². The van der Waals surface area contributed by atoms with E-state index in [2.05, 4.69) is 44.3 Å². The van der Waals surface area contributed by atoms with Crippen LogP contribution in [0.15, 0.2) is 18.2 Å². The van der Waals surface area contributed by atoms with Crippen molar-refractivity contribution >= 4 is 0 Å². The predicted molar refractivity (Wildman–Crippen MR) is 81.1 cm³/mol. The molecular weight excluding hydrogens is 234 g/mol. The first kappa shape index (κ1) is 14.4. The summed E-state index contributed by atoms with van der Waals surface area (Å²) in [5, 5.41) is 3.38. The number of hydrogen-bond donors (Lipinski definition) is 1. The van der Waals surface area contributed by atoms with Crippen LogP contribution in [0.1, 0.15) is 51.2 Å². The normalized spacial score (nSPS) is 16.2. The maximum Gasteiger partial charge on any atom is 0.123 e. The fourth-order valence-corrected chi connectivity index (χ4v) is 2.66. The lowest BCUT2D eigenvalue weighted by molar-refractivity contribution is 0.291. The second-order valence-corrected chi connectivity index (χ2v) is 6.17. The standard InChI is InChI=1S/C17H27NO/c1-4-18-11-7-5-6-8-14-9-10-16-15(12-14)17(2,3)13-19-16/h9-10,12,18H,4-8,11,13H2,1-3H3. The topological polar surface area (TPSA) is 21.3 Å². The Balaban J connectivity index is 1.82. The molecule has 0 saturated heterocycles. The third kappa shape index (κ3) is 3.73. The van der Waals surface area contributed by atoms with Crippen LogP contribution in [0, 0.1) is 0 Å². The highest BCUT2D eigenvalue weighted by atomic mass is 16.5. The first-order chi connectivity index (χ1) is 9.13. The first-order valence-corrected chi connectivity index (χ1v) is 7.60. The SMILES string of the molecule is CCNCCCCCc1ccc2c(c1)C(C)(C)CO2. The van der Waals surface area contributed by atoms with E-state index in [1.807, 2.05) is 0 Å². The Bertz CT molecular complexity index is 412. The van der Waals surface area contributed by atoms with Crippen LogP contribution in [0.25, 0.3) is 0 Å². The van der Waals surface area contributed by atoms with Crippen LogP contribution in [0.5, 0.6) is 5.75 Å². The molecule has 19 heavy (non-hydrogen) atoms. The number of rotatable bonds is 7. The van der Waals surface area contributed by atoms with E-state index in [1.165, 1.54) is 36.8 Å². The van der Waals surface area contributed by atoms with E-state index in [9.17, 15) is 0 Å². The van der Waals surface area contributed by atoms with Crippen molar-refractivity contribution in [3.63, 3.8) is 0 Å². The lowest BCUT2D eigenvalue weighted by Gasteiger charge is -2.15. The fourth-order valence-electron chi connectivity index (χ4n) is 2.66.